The number of thiophene rings is 1. The molecule has 0 spiro atoms. The van der Waals surface area contributed by atoms with Crippen LogP contribution in [0.5, 0.6) is 0 Å². The number of benzene rings is 2. The summed E-state index contributed by atoms with van der Waals surface area (Å²) in [7, 11) is 0. The highest BCUT2D eigenvalue weighted by molar-refractivity contribution is 7.98. The molecule has 2 aromatic carbocycles. The first-order valence-electron chi connectivity index (χ1n) is 10.4. The molecule has 0 aliphatic rings. The summed E-state index contributed by atoms with van der Waals surface area (Å²) in [4.78, 5) is 13.3. The molecule has 5 rings (SSSR count). The topological polar surface area (TPSA) is 52.2 Å². The van der Waals surface area contributed by atoms with Crippen molar-refractivity contribution in [2.75, 3.05) is 0 Å². The van der Waals surface area contributed by atoms with Crippen molar-refractivity contribution in [3.05, 3.63) is 99.7 Å². The molecule has 0 aliphatic carbocycles. The second kappa shape index (κ2) is 8.76. The van der Waals surface area contributed by atoms with Gasteiger partial charge in [-0.3, -0.25) is 13.8 Å². The molecule has 160 valence electrons. The maximum Gasteiger partial charge on any atom is 0.272 e. The zero-order valence-electron chi connectivity index (χ0n) is 17.6. The van der Waals surface area contributed by atoms with Crippen molar-refractivity contribution in [3.63, 3.8) is 0 Å². The van der Waals surface area contributed by atoms with Gasteiger partial charge in [0.25, 0.3) is 5.56 Å². The third-order valence-corrected chi connectivity index (χ3v) is 7.48. The molecule has 3 aromatic heterocycles. The smallest absolute Gasteiger partial charge is 0.272 e. The highest BCUT2D eigenvalue weighted by Crippen LogP contribution is 2.27. The van der Waals surface area contributed by atoms with Gasteiger partial charge in [-0.2, -0.15) is 0 Å². The van der Waals surface area contributed by atoms with E-state index < -0.39 is 0 Å². The Morgan fingerprint density at radius 3 is 2.62 bits per heavy atom. The highest BCUT2D eigenvalue weighted by Gasteiger charge is 2.19. The summed E-state index contributed by atoms with van der Waals surface area (Å²) in [6.07, 6.45) is 1.84. The maximum atomic E-state index is 13.3. The van der Waals surface area contributed by atoms with Crippen molar-refractivity contribution < 1.29 is 0 Å². The zero-order valence-corrected chi connectivity index (χ0v) is 19.3. The summed E-state index contributed by atoms with van der Waals surface area (Å²) in [5.74, 6) is 1.53. The lowest BCUT2D eigenvalue weighted by Crippen LogP contribution is -2.24. The van der Waals surface area contributed by atoms with Gasteiger partial charge in [0.15, 0.2) is 5.16 Å². The Bertz CT molecular complexity index is 1450. The number of rotatable bonds is 7. The first-order valence-corrected chi connectivity index (χ1v) is 12.3. The highest BCUT2D eigenvalue weighted by atomic mass is 32.2. The van der Waals surface area contributed by atoms with Crippen molar-refractivity contribution in [1.82, 2.24) is 19.2 Å². The van der Waals surface area contributed by atoms with Crippen molar-refractivity contribution in [2.45, 2.75) is 30.3 Å². The first kappa shape index (κ1) is 20.7. The normalized spacial score (nSPS) is 12.4. The van der Waals surface area contributed by atoms with Gasteiger partial charge in [-0.05, 0) is 34.1 Å². The number of nitrogens with zero attached hydrogens (tertiary/aromatic N) is 4. The predicted octanol–water partition coefficient (Wildman–Crippen LogP) is 5.84. The fourth-order valence-corrected chi connectivity index (χ4v) is 5.54. The van der Waals surface area contributed by atoms with E-state index in [-0.39, 0.29) is 11.5 Å². The number of aromatic nitrogens is 4. The van der Waals surface area contributed by atoms with Crippen LogP contribution in [0, 0.1) is 0 Å². The molecule has 0 amide bonds. The number of hydrogen-bond donors (Lipinski definition) is 0. The van der Waals surface area contributed by atoms with E-state index in [1.165, 1.54) is 22.5 Å². The molecule has 5 aromatic rings. The van der Waals surface area contributed by atoms with Gasteiger partial charge < -0.3 is 0 Å². The number of thioether (sulfide) groups is 1. The molecule has 0 saturated heterocycles. The monoisotopic (exact) mass is 458 g/mol. The molecule has 0 saturated carbocycles. The van der Waals surface area contributed by atoms with E-state index in [4.69, 9.17) is 0 Å². The van der Waals surface area contributed by atoms with E-state index in [2.05, 4.69) is 60.1 Å². The summed E-state index contributed by atoms with van der Waals surface area (Å²) < 4.78 is 4.52. The molecule has 7 heteroatoms. The second-order valence-corrected chi connectivity index (χ2v) is 9.57. The van der Waals surface area contributed by atoms with E-state index >= 15 is 0 Å². The summed E-state index contributed by atoms with van der Waals surface area (Å²) in [5.41, 5.74) is 4.36. The minimum absolute atomic E-state index is 0.00533. The Morgan fingerprint density at radius 2 is 1.88 bits per heavy atom. The standard InChI is InChI=1S/C25H22N4OS2/c1-3-18-9-11-19(12-10-18)16-32-25-27-26-24-28(15-17(2)20-7-5-4-6-8-20)23(30)22-21(29(24)25)13-14-31-22/h3-14,17H,1,15-16H2,2H3. The van der Waals surface area contributed by atoms with Crippen molar-refractivity contribution >= 4 is 45.2 Å². The van der Waals surface area contributed by atoms with Crippen LogP contribution in [0.15, 0.2) is 82.6 Å². The molecule has 32 heavy (non-hydrogen) atoms. The Morgan fingerprint density at radius 1 is 1.09 bits per heavy atom. The molecule has 0 bridgehead atoms. The van der Waals surface area contributed by atoms with Gasteiger partial charge in [-0.15, -0.1) is 21.5 Å². The third-order valence-electron chi connectivity index (χ3n) is 5.59. The fraction of sp³-hybridized carbons (Fsp3) is 0.160. The van der Waals surface area contributed by atoms with Crippen LogP contribution in [0.4, 0.5) is 0 Å². The van der Waals surface area contributed by atoms with E-state index in [1.807, 2.05) is 40.1 Å². The summed E-state index contributed by atoms with van der Waals surface area (Å²) in [6.45, 7) is 6.49. The van der Waals surface area contributed by atoms with Gasteiger partial charge >= 0.3 is 0 Å². The van der Waals surface area contributed by atoms with Crippen molar-refractivity contribution in [1.29, 1.82) is 0 Å². The van der Waals surface area contributed by atoms with Crippen molar-refractivity contribution in [2.24, 2.45) is 0 Å². The number of fused-ring (bicyclic) bond motifs is 3. The summed E-state index contributed by atoms with van der Waals surface area (Å²) in [6, 6.07) is 20.6. The lowest BCUT2D eigenvalue weighted by Gasteiger charge is -2.15. The summed E-state index contributed by atoms with van der Waals surface area (Å²) >= 11 is 3.09. The first-order chi connectivity index (χ1) is 15.7. The lowest BCUT2D eigenvalue weighted by atomic mass is 10.0. The largest absolute Gasteiger partial charge is 0.275 e. The average molecular weight is 459 g/mol. The quantitative estimate of drug-likeness (QED) is 0.287. The van der Waals surface area contributed by atoms with Crippen LogP contribution in [0.25, 0.3) is 22.1 Å². The SMILES string of the molecule is C=Cc1ccc(CSc2nnc3n(CC(C)c4ccccc4)c(=O)c4sccc4n23)cc1. The van der Waals surface area contributed by atoms with Gasteiger partial charge in [-0.25, -0.2) is 0 Å². The minimum atomic E-state index is -0.00533. The summed E-state index contributed by atoms with van der Waals surface area (Å²) in [5, 5.41) is 11.6. The Kier molecular flexibility index (Phi) is 5.68. The predicted molar refractivity (Wildman–Crippen MR) is 134 cm³/mol. The van der Waals surface area contributed by atoms with Gasteiger partial charge in [-0.1, -0.05) is 85.9 Å². The number of hydrogen-bond acceptors (Lipinski definition) is 5. The Labute approximate surface area is 194 Å². The van der Waals surface area contributed by atoms with E-state index in [9.17, 15) is 4.79 Å². The molecule has 5 nitrogen and oxygen atoms in total. The lowest BCUT2D eigenvalue weighted by molar-refractivity contribution is 0.588. The van der Waals surface area contributed by atoms with Crippen LogP contribution < -0.4 is 5.56 Å². The zero-order chi connectivity index (χ0) is 22.1. The van der Waals surface area contributed by atoms with Gasteiger partial charge in [0.05, 0.1) is 5.52 Å². The minimum Gasteiger partial charge on any atom is -0.275 e. The van der Waals surface area contributed by atoms with Crippen molar-refractivity contribution in [3.8, 4) is 0 Å². The van der Waals surface area contributed by atoms with Crippen LogP contribution in [-0.4, -0.2) is 19.2 Å². The molecule has 1 unspecified atom stereocenters. The Balaban J connectivity index is 1.53. The second-order valence-electron chi connectivity index (χ2n) is 7.71. The van der Waals surface area contributed by atoms with Crippen LogP contribution in [0.1, 0.15) is 29.5 Å². The van der Waals surface area contributed by atoms with Crippen LogP contribution in [0.3, 0.4) is 0 Å². The molecule has 0 aliphatic heterocycles. The maximum absolute atomic E-state index is 13.3. The van der Waals surface area contributed by atoms with E-state index in [0.717, 1.165) is 26.7 Å². The third kappa shape index (κ3) is 3.78. The molecule has 0 N–H and O–H groups in total. The van der Waals surface area contributed by atoms with Crippen LogP contribution >= 0.6 is 23.1 Å². The van der Waals surface area contributed by atoms with Crippen LogP contribution in [-0.2, 0) is 12.3 Å². The molecule has 0 fully saturated rings. The van der Waals surface area contributed by atoms with Crippen LogP contribution in [0.2, 0.25) is 0 Å². The molecule has 1 atom stereocenters. The van der Waals surface area contributed by atoms with Gasteiger partial charge in [0.1, 0.15) is 4.70 Å². The van der Waals surface area contributed by atoms with E-state index in [1.54, 1.807) is 16.3 Å². The average Bonchev–Trinajstić information content (AvgIpc) is 3.48. The fourth-order valence-electron chi connectivity index (χ4n) is 3.82. The van der Waals surface area contributed by atoms with Gasteiger partial charge in [0.2, 0.25) is 5.78 Å². The molecule has 3 heterocycles. The molecular weight excluding hydrogens is 436 g/mol. The van der Waals surface area contributed by atoms with Gasteiger partial charge in [0, 0.05) is 12.3 Å². The Hall–Kier alpha value is -3.16. The molecule has 0 radical (unpaired) electrons. The molecular formula is C25H22N4OS2. The van der Waals surface area contributed by atoms with E-state index in [0.29, 0.717) is 12.3 Å².